The van der Waals surface area contributed by atoms with Crippen LogP contribution in [0.2, 0.25) is 5.02 Å². The highest BCUT2D eigenvalue weighted by Crippen LogP contribution is 2.44. The first-order valence-electron chi connectivity index (χ1n) is 5.30. The second-order valence-corrected chi connectivity index (χ2v) is 4.34. The first kappa shape index (κ1) is 14.5. The summed E-state index contributed by atoms with van der Waals surface area (Å²) in [5.41, 5.74) is -0.885. The predicted molar refractivity (Wildman–Crippen MR) is 64.1 cm³/mol. The molecule has 1 atom stereocenters. The molecule has 0 saturated carbocycles. The maximum absolute atomic E-state index is 12.9. The average Bonchev–Trinajstić information content (AvgIpc) is 2.37. The molecule has 1 aliphatic heterocycles. The Labute approximate surface area is 116 Å². The van der Waals surface area contributed by atoms with Crippen LogP contribution in [-0.2, 0) is 4.79 Å². The zero-order chi connectivity index (χ0) is 15.1. The molecule has 108 valence electrons. The second-order valence-electron chi connectivity index (χ2n) is 3.94. The lowest BCUT2D eigenvalue weighted by molar-refractivity contribution is -0.187. The van der Waals surface area contributed by atoms with Crippen LogP contribution in [0, 0.1) is 0 Å². The maximum atomic E-state index is 12.9. The Kier molecular flexibility index (Phi) is 3.56. The van der Waals surface area contributed by atoms with Crippen LogP contribution in [-0.4, -0.2) is 30.5 Å². The number of hydrogen-bond donors (Lipinski definition) is 1. The lowest BCUT2D eigenvalue weighted by atomic mass is 10.0. The molecule has 0 aliphatic carbocycles. The summed E-state index contributed by atoms with van der Waals surface area (Å²) in [6.45, 7) is 0. The van der Waals surface area contributed by atoms with E-state index in [1.54, 1.807) is 0 Å². The van der Waals surface area contributed by atoms with Crippen molar-refractivity contribution in [3.05, 3.63) is 28.3 Å². The van der Waals surface area contributed by atoms with Gasteiger partial charge in [0.15, 0.2) is 11.5 Å². The standard InChI is InChI=1S/C12H8ClF3O4/c1-19-8-3-2-7(13)5-4-6(11(17)18)10(12(14,15)16)20-9(5)8/h2-4,10H,1H3,(H,17,18). The number of alkyl halides is 3. The number of carboxylic acid groups (broad SMARTS) is 1. The minimum atomic E-state index is -4.87. The number of carbonyl (C=O) groups is 1. The summed E-state index contributed by atoms with van der Waals surface area (Å²) in [7, 11) is 1.26. The minimum absolute atomic E-state index is 0.0411. The predicted octanol–water partition coefficient (Wildman–Crippen LogP) is 3.14. The van der Waals surface area contributed by atoms with Crippen molar-refractivity contribution in [1.29, 1.82) is 0 Å². The molecule has 4 nitrogen and oxygen atoms in total. The van der Waals surface area contributed by atoms with Crippen LogP contribution in [0.5, 0.6) is 11.5 Å². The van der Waals surface area contributed by atoms with Gasteiger partial charge in [0.05, 0.1) is 17.7 Å². The Morgan fingerprint density at radius 2 is 2.10 bits per heavy atom. The minimum Gasteiger partial charge on any atom is -0.493 e. The molecule has 1 heterocycles. The van der Waals surface area contributed by atoms with Crippen molar-refractivity contribution >= 4 is 23.6 Å². The van der Waals surface area contributed by atoms with Crippen molar-refractivity contribution in [3.63, 3.8) is 0 Å². The van der Waals surface area contributed by atoms with Crippen LogP contribution in [0.3, 0.4) is 0 Å². The molecule has 0 radical (unpaired) electrons. The van der Waals surface area contributed by atoms with Gasteiger partial charge in [0, 0.05) is 5.56 Å². The smallest absolute Gasteiger partial charge is 0.430 e. The van der Waals surface area contributed by atoms with Crippen molar-refractivity contribution in [2.75, 3.05) is 7.11 Å². The highest BCUT2D eigenvalue weighted by Gasteiger charge is 2.49. The quantitative estimate of drug-likeness (QED) is 0.912. The van der Waals surface area contributed by atoms with Crippen molar-refractivity contribution in [2.24, 2.45) is 0 Å². The molecule has 8 heteroatoms. The van der Waals surface area contributed by atoms with E-state index in [2.05, 4.69) is 0 Å². The highest BCUT2D eigenvalue weighted by molar-refractivity contribution is 6.32. The van der Waals surface area contributed by atoms with Crippen LogP contribution in [0.1, 0.15) is 5.56 Å². The summed E-state index contributed by atoms with van der Waals surface area (Å²) >= 11 is 5.85. The van der Waals surface area contributed by atoms with Gasteiger partial charge < -0.3 is 14.6 Å². The third-order valence-electron chi connectivity index (χ3n) is 2.69. The van der Waals surface area contributed by atoms with Crippen molar-refractivity contribution in [1.82, 2.24) is 0 Å². The summed E-state index contributed by atoms with van der Waals surface area (Å²) in [5.74, 6) is -1.91. The molecular formula is C12H8ClF3O4. The van der Waals surface area contributed by atoms with Gasteiger partial charge in [0.1, 0.15) is 0 Å². The van der Waals surface area contributed by atoms with Crippen LogP contribution in [0.15, 0.2) is 17.7 Å². The fourth-order valence-corrected chi connectivity index (χ4v) is 2.01. The third kappa shape index (κ3) is 2.40. The summed E-state index contributed by atoms with van der Waals surface area (Å²) in [4.78, 5) is 11.0. The zero-order valence-electron chi connectivity index (χ0n) is 9.99. The first-order chi connectivity index (χ1) is 9.25. The fourth-order valence-electron chi connectivity index (χ4n) is 1.80. The monoisotopic (exact) mass is 308 g/mol. The molecule has 0 amide bonds. The lowest BCUT2D eigenvalue weighted by Gasteiger charge is -2.28. The Bertz CT molecular complexity index is 595. The van der Waals surface area contributed by atoms with Gasteiger partial charge in [-0.05, 0) is 18.2 Å². The van der Waals surface area contributed by atoms with E-state index in [-0.39, 0.29) is 22.1 Å². The molecule has 2 rings (SSSR count). The Balaban J connectivity index is 2.65. The number of carboxylic acids is 1. The second kappa shape index (κ2) is 4.90. The van der Waals surface area contributed by atoms with Gasteiger partial charge in [-0.2, -0.15) is 13.2 Å². The van der Waals surface area contributed by atoms with Crippen LogP contribution in [0.4, 0.5) is 13.2 Å². The highest BCUT2D eigenvalue weighted by atomic mass is 35.5. The van der Waals surface area contributed by atoms with E-state index in [9.17, 15) is 18.0 Å². The van der Waals surface area contributed by atoms with E-state index in [1.807, 2.05) is 0 Å². The Hall–Kier alpha value is -1.89. The number of fused-ring (bicyclic) bond motifs is 1. The molecule has 20 heavy (non-hydrogen) atoms. The Morgan fingerprint density at radius 1 is 1.45 bits per heavy atom. The van der Waals surface area contributed by atoms with E-state index in [4.69, 9.17) is 26.2 Å². The van der Waals surface area contributed by atoms with E-state index in [0.29, 0.717) is 0 Å². The number of ether oxygens (including phenoxy) is 2. The van der Waals surface area contributed by atoms with Gasteiger partial charge in [-0.25, -0.2) is 4.79 Å². The lowest BCUT2D eigenvalue weighted by Crippen LogP contribution is -2.40. The molecule has 0 fully saturated rings. The molecule has 1 unspecified atom stereocenters. The molecule has 0 aromatic heterocycles. The first-order valence-corrected chi connectivity index (χ1v) is 5.68. The maximum Gasteiger partial charge on any atom is 0.430 e. The Morgan fingerprint density at radius 3 is 2.60 bits per heavy atom. The summed E-state index contributed by atoms with van der Waals surface area (Å²) in [5, 5.41) is 8.96. The fraction of sp³-hybridized carbons (Fsp3) is 0.250. The number of halogens is 4. The topological polar surface area (TPSA) is 55.8 Å². The van der Waals surface area contributed by atoms with E-state index < -0.39 is 23.8 Å². The summed E-state index contributed by atoms with van der Waals surface area (Å²) in [6, 6.07) is 2.72. The van der Waals surface area contributed by atoms with Crippen LogP contribution >= 0.6 is 11.6 Å². The number of benzene rings is 1. The van der Waals surface area contributed by atoms with Crippen molar-refractivity contribution in [3.8, 4) is 11.5 Å². The van der Waals surface area contributed by atoms with Gasteiger partial charge in [-0.15, -0.1) is 0 Å². The van der Waals surface area contributed by atoms with Crippen molar-refractivity contribution < 1.29 is 32.5 Å². The third-order valence-corrected chi connectivity index (χ3v) is 3.02. The van der Waals surface area contributed by atoms with E-state index >= 15 is 0 Å². The summed E-state index contributed by atoms with van der Waals surface area (Å²) < 4.78 is 48.3. The molecule has 0 bridgehead atoms. The molecule has 1 aromatic rings. The van der Waals surface area contributed by atoms with Crippen LogP contribution < -0.4 is 9.47 Å². The average molecular weight is 309 g/mol. The molecular weight excluding hydrogens is 301 g/mol. The zero-order valence-corrected chi connectivity index (χ0v) is 10.7. The number of rotatable bonds is 2. The number of methoxy groups -OCH3 is 1. The van der Waals surface area contributed by atoms with E-state index in [0.717, 1.165) is 6.08 Å². The van der Waals surface area contributed by atoms with Crippen LogP contribution in [0.25, 0.3) is 6.08 Å². The number of hydrogen-bond acceptors (Lipinski definition) is 3. The molecule has 1 aliphatic rings. The van der Waals surface area contributed by atoms with Gasteiger partial charge in [-0.3, -0.25) is 0 Å². The number of aliphatic carboxylic acids is 1. The van der Waals surface area contributed by atoms with Crippen molar-refractivity contribution in [2.45, 2.75) is 12.3 Å². The molecule has 0 saturated heterocycles. The molecule has 0 spiro atoms. The van der Waals surface area contributed by atoms with E-state index in [1.165, 1.54) is 19.2 Å². The SMILES string of the molecule is COc1ccc(Cl)c2c1OC(C(F)(F)F)C(C(=O)O)=C2. The largest absolute Gasteiger partial charge is 0.493 e. The van der Waals surface area contributed by atoms with Gasteiger partial charge in [-0.1, -0.05) is 11.6 Å². The van der Waals surface area contributed by atoms with Gasteiger partial charge in [0.25, 0.3) is 0 Å². The molecule has 1 N–H and O–H groups in total. The molecule has 1 aromatic carbocycles. The normalized spacial score (nSPS) is 17.9. The van der Waals surface area contributed by atoms with Gasteiger partial charge >= 0.3 is 12.1 Å². The summed E-state index contributed by atoms with van der Waals surface area (Å²) in [6.07, 6.45) is -6.58. The van der Waals surface area contributed by atoms with Gasteiger partial charge in [0.2, 0.25) is 6.10 Å².